The number of hydrogen-bond donors (Lipinski definition) is 0. The van der Waals surface area contributed by atoms with E-state index < -0.39 is 0 Å². The van der Waals surface area contributed by atoms with Crippen LogP contribution in [0.5, 0.6) is 0 Å². The summed E-state index contributed by atoms with van der Waals surface area (Å²) in [7, 11) is 0. The van der Waals surface area contributed by atoms with E-state index in [-0.39, 0.29) is 5.92 Å². The molecule has 0 saturated heterocycles. The van der Waals surface area contributed by atoms with Crippen molar-refractivity contribution in [2.45, 2.75) is 46.0 Å². The predicted octanol–water partition coefficient (Wildman–Crippen LogP) is 3.42. The maximum absolute atomic E-state index is 8.97. The van der Waals surface area contributed by atoms with Crippen molar-refractivity contribution in [2.75, 3.05) is 0 Å². The summed E-state index contributed by atoms with van der Waals surface area (Å²) in [5, 5.41) is 10.1. The van der Waals surface area contributed by atoms with Crippen LogP contribution in [0.2, 0.25) is 0 Å². The van der Waals surface area contributed by atoms with Gasteiger partial charge in [-0.2, -0.15) is 5.26 Å². The molecule has 1 unspecified atom stereocenters. The molecule has 0 fully saturated rings. The number of aryl methyl sites for hydroxylation is 2. The third kappa shape index (κ3) is 2.33. The lowest BCUT2D eigenvalue weighted by Crippen LogP contribution is -1.92. The van der Waals surface area contributed by atoms with Gasteiger partial charge >= 0.3 is 0 Å². The van der Waals surface area contributed by atoms with Crippen molar-refractivity contribution >= 4 is 11.3 Å². The van der Waals surface area contributed by atoms with Gasteiger partial charge in [-0.1, -0.05) is 13.8 Å². The second kappa shape index (κ2) is 5.11. The van der Waals surface area contributed by atoms with E-state index in [0.29, 0.717) is 0 Å². The summed E-state index contributed by atoms with van der Waals surface area (Å²) < 4.78 is 0. The summed E-state index contributed by atoms with van der Waals surface area (Å²) in [6.45, 7) is 6.20. The first-order valence-electron chi connectivity index (χ1n) is 5.08. The third-order valence-electron chi connectivity index (χ3n) is 2.22. The van der Waals surface area contributed by atoms with Crippen molar-refractivity contribution in [2.24, 2.45) is 0 Å². The SMILES string of the molecule is CCCc1nc(C)c(C(C#N)CC)s1. The van der Waals surface area contributed by atoms with Crippen molar-refractivity contribution in [1.82, 2.24) is 4.98 Å². The minimum Gasteiger partial charge on any atom is -0.246 e. The average Bonchev–Trinajstić information content (AvgIpc) is 2.51. The Labute approximate surface area is 89.6 Å². The summed E-state index contributed by atoms with van der Waals surface area (Å²) in [5.41, 5.74) is 1.05. The molecule has 3 heteroatoms. The fourth-order valence-electron chi connectivity index (χ4n) is 1.45. The number of hydrogen-bond acceptors (Lipinski definition) is 3. The zero-order chi connectivity index (χ0) is 10.6. The monoisotopic (exact) mass is 208 g/mol. The van der Waals surface area contributed by atoms with Gasteiger partial charge in [0.2, 0.25) is 0 Å². The quantitative estimate of drug-likeness (QED) is 0.760. The molecule has 1 atom stereocenters. The highest BCUT2D eigenvalue weighted by Gasteiger charge is 2.15. The Morgan fingerprint density at radius 2 is 2.21 bits per heavy atom. The molecule has 1 aromatic heterocycles. The molecule has 0 aliphatic heterocycles. The van der Waals surface area contributed by atoms with E-state index >= 15 is 0 Å². The van der Waals surface area contributed by atoms with Crippen LogP contribution in [0.4, 0.5) is 0 Å². The van der Waals surface area contributed by atoms with Gasteiger partial charge in [-0.25, -0.2) is 4.98 Å². The van der Waals surface area contributed by atoms with Crippen molar-refractivity contribution in [1.29, 1.82) is 5.26 Å². The molecule has 0 saturated carbocycles. The Balaban J connectivity index is 2.92. The lowest BCUT2D eigenvalue weighted by atomic mass is 10.1. The van der Waals surface area contributed by atoms with Gasteiger partial charge in [-0.05, 0) is 26.2 Å². The van der Waals surface area contributed by atoms with Gasteiger partial charge in [0.1, 0.15) is 0 Å². The molecule has 76 valence electrons. The highest BCUT2D eigenvalue weighted by Crippen LogP contribution is 2.28. The third-order valence-corrected chi connectivity index (χ3v) is 3.55. The van der Waals surface area contributed by atoms with Crippen molar-refractivity contribution < 1.29 is 0 Å². The summed E-state index contributed by atoms with van der Waals surface area (Å²) in [5.74, 6) is 0.0399. The first-order valence-corrected chi connectivity index (χ1v) is 5.90. The summed E-state index contributed by atoms with van der Waals surface area (Å²) in [6, 6.07) is 2.33. The van der Waals surface area contributed by atoms with Crippen LogP contribution in [0.3, 0.4) is 0 Å². The van der Waals surface area contributed by atoms with E-state index in [4.69, 9.17) is 5.26 Å². The van der Waals surface area contributed by atoms with Crippen LogP contribution in [0, 0.1) is 18.3 Å². The minimum absolute atomic E-state index is 0.0399. The molecule has 0 aromatic carbocycles. The van der Waals surface area contributed by atoms with Crippen LogP contribution >= 0.6 is 11.3 Å². The maximum Gasteiger partial charge on any atom is 0.0931 e. The molecule has 14 heavy (non-hydrogen) atoms. The summed E-state index contributed by atoms with van der Waals surface area (Å²) >= 11 is 1.71. The van der Waals surface area contributed by atoms with Crippen molar-refractivity contribution in [3.63, 3.8) is 0 Å². The molecule has 0 bridgehead atoms. The van der Waals surface area contributed by atoms with E-state index in [1.54, 1.807) is 11.3 Å². The minimum atomic E-state index is 0.0399. The largest absolute Gasteiger partial charge is 0.246 e. The summed E-state index contributed by atoms with van der Waals surface area (Å²) in [6.07, 6.45) is 3.04. The molecule has 1 rings (SSSR count). The van der Waals surface area contributed by atoms with E-state index in [1.165, 1.54) is 9.88 Å². The van der Waals surface area contributed by atoms with Crippen molar-refractivity contribution in [3.8, 4) is 6.07 Å². The lowest BCUT2D eigenvalue weighted by molar-refractivity contribution is 0.822. The zero-order valence-electron chi connectivity index (χ0n) is 9.00. The van der Waals surface area contributed by atoms with E-state index in [0.717, 1.165) is 25.0 Å². The van der Waals surface area contributed by atoms with Crippen LogP contribution in [-0.2, 0) is 6.42 Å². The van der Waals surface area contributed by atoms with Gasteiger partial charge in [0.25, 0.3) is 0 Å². The topological polar surface area (TPSA) is 36.7 Å². The molecule has 0 amide bonds. The van der Waals surface area contributed by atoms with E-state index in [1.807, 2.05) is 13.8 Å². The first kappa shape index (κ1) is 11.2. The van der Waals surface area contributed by atoms with Crippen molar-refractivity contribution in [3.05, 3.63) is 15.6 Å². The normalized spacial score (nSPS) is 12.4. The van der Waals surface area contributed by atoms with Gasteiger partial charge in [-0.15, -0.1) is 11.3 Å². The molecule has 0 aliphatic rings. The van der Waals surface area contributed by atoms with Crippen LogP contribution in [-0.4, -0.2) is 4.98 Å². The van der Waals surface area contributed by atoms with Crippen LogP contribution in [0.1, 0.15) is 48.2 Å². The van der Waals surface area contributed by atoms with Gasteiger partial charge in [0.15, 0.2) is 0 Å². The molecule has 0 spiro atoms. The second-order valence-corrected chi connectivity index (χ2v) is 4.51. The number of nitriles is 1. The molecule has 1 heterocycles. The standard InChI is InChI=1S/C11H16N2S/c1-4-6-10-13-8(3)11(14-10)9(5-2)7-12/h9H,4-6H2,1-3H3. The molecule has 0 aliphatic carbocycles. The Kier molecular flexibility index (Phi) is 4.09. The molecule has 1 aromatic rings. The maximum atomic E-state index is 8.97. The predicted molar refractivity (Wildman–Crippen MR) is 59.5 cm³/mol. The van der Waals surface area contributed by atoms with Gasteiger partial charge in [-0.3, -0.25) is 0 Å². The highest BCUT2D eigenvalue weighted by atomic mass is 32.1. The van der Waals surface area contributed by atoms with Crippen LogP contribution in [0.25, 0.3) is 0 Å². The molecule has 0 N–H and O–H groups in total. The number of rotatable bonds is 4. The van der Waals surface area contributed by atoms with Crippen LogP contribution < -0.4 is 0 Å². The van der Waals surface area contributed by atoms with Gasteiger partial charge in [0.05, 0.1) is 22.7 Å². The Bertz CT molecular complexity index is 336. The number of aromatic nitrogens is 1. The smallest absolute Gasteiger partial charge is 0.0931 e. The van der Waals surface area contributed by atoms with Gasteiger partial charge in [0, 0.05) is 4.88 Å². The highest BCUT2D eigenvalue weighted by molar-refractivity contribution is 7.11. The lowest BCUT2D eigenvalue weighted by Gasteiger charge is -2.01. The van der Waals surface area contributed by atoms with Gasteiger partial charge < -0.3 is 0 Å². The Hall–Kier alpha value is -0.880. The number of nitrogens with zero attached hydrogens (tertiary/aromatic N) is 2. The average molecular weight is 208 g/mol. The zero-order valence-corrected chi connectivity index (χ0v) is 9.82. The Morgan fingerprint density at radius 3 is 2.71 bits per heavy atom. The summed E-state index contributed by atoms with van der Waals surface area (Å²) in [4.78, 5) is 5.65. The molecule has 2 nitrogen and oxygen atoms in total. The molecular weight excluding hydrogens is 192 g/mol. The fourth-order valence-corrected chi connectivity index (χ4v) is 2.74. The Morgan fingerprint density at radius 1 is 1.50 bits per heavy atom. The molecular formula is C11H16N2S. The van der Waals surface area contributed by atoms with E-state index in [2.05, 4.69) is 18.0 Å². The van der Waals surface area contributed by atoms with E-state index in [9.17, 15) is 0 Å². The first-order chi connectivity index (χ1) is 6.72. The fraction of sp³-hybridized carbons (Fsp3) is 0.636. The van der Waals surface area contributed by atoms with Crippen LogP contribution in [0.15, 0.2) is 0 Å². The second-order valence-electron chi connectivity index (χ2n) is 3.40. The number of thiazole rings is 1. The molecule has 0 radical (unpaired) electrons.